The van der Waals surface area contributed by atoms with Crippen LogP contribution in [0, 0.1) is 5.82 Å². The number of hydrogen-bond acceptors (Lipinski definition) is 5. The first kappa shape index (κ1) is 21.6. The van der Waals surface area contributed by atoms with E-state index in [1.807, 2.05) is 0 Å². The highest BCUT2D eigenvalue weighted by atomic mass is 32.2. The highest BCUT2D eigenvalue weighted by molar-refractivity contribution is 7.89. The molecule has 0 saturated carbocycles. The Morgan fingerprint density at radius 1 is 1.26 bits per heavy atom. The van der Waals surface area contributed by atoms with Crippen molar-refractivity contribution >= 4 is 15.9 Å². The van der Waals surface area contributed by atoms with E-state index in [9.17, 15) is 22.4 Å². The van der Waals surface area contributed by atoms with Crippen molar-refractivity contribution in [3.05, 3.63) is 63.1 Å². The molecule has 2 aliphatic rings. The number of amides is 1. The Kier molecular flexibility index (Phi) is 5.94. The van der Waals surface area contributed by atoms with Crippen molar-refractivity contribution in [2.45, 2.75) is 45.2 Å². The molecule has 3 heterocycles. The zero-order chi connectivity index (χ0) is 22.2. The van der Waals surface area contributed by atoms with E-state index in [0.29, 0.717) is 36.5 Å². The van der Waals surface area contributed by atoms with Crippen molar-refractivity contribution in [1.82, 2.24) is 19.2 Å². The van der Waals surface area contributed by atoms with Gasteiger partial charge in [0.2, 0.25) is 10.0 Å². The summed E-state index contributed by atoms with van der Waals surface area (Å²) in [6.45, 7) is 2.29. The second-order valence-corrected chi connectivity index (χ2v) is 10.1. The molecule has 4 rings (SSSR count). The maximum absolute atomic E-state index is 14.2. The van der Waals surface area contributed by atoms with Crippen molar-refractivity contribution in [3.8, 4) is 0 Å². The largest absolute Gasteiger partial charge is 0.328 e. The Morgan fingerprint density at radius 2 is 2.03 bits per heavy atom. The Hall–Kier alpha value is -2.59. The zero-order valence-electron chi connectivity index (χ0n) is 17.3. The molecule has 1 aromatic carbocycles. The number of nitrogens with one attached hydrogen (secondary N) is 1. The van der Waals surface area contributed by atoms with Crippen molar-refractivity contribution < 1.29 is 17.6 Å². The number of hydrogen-bond donors (Lipinski definition) is 1. The Bertz CT molecular complexity index is 1160. The van der Waals surface area contributed by atoms with E-state index in [1.165, 1.54) is 22.5 Å². The van der Waals surface area contributed by atoms with Gasteiger partial charge in [0.05, 0.1) is 29.6 Å². The molecule has 0 aliphatic carbocycles. The average molecular weight is 449 g/mol. The van der Waals surface area contributed by atoms with Crippen LogP contribution in [0.2, 0.25) is 0 Å². The summed E-state index contributed by atoms with van der Waals surface area (Å²) in [4.78, 5) is 34.8. The van der Waals surface area contributed by atoms with Gasteiger partial charge in [-0.3, -0.25) is 9.59 Å². The summed E-state index contributed by atoms with van der Waals surface area (Å²) in [7, 11) is -3.40. The number of halogens is 1. The van der Waals surface area contributed by atoms with Crippen LogP contribution in [-0.4, -0.2) is 52.3 Å². The molecule has 1 aromatic heterocycles. The number of carbonyl (C=O) groups is 1. The maximum Gasteiger partial charge on any atom is 0.257 e. The number of nitrogens with zero attached hydrogens (tertiary/aromatic N) is 3. The number of likely N-dealkylation sites (tertiary alicyclic amines) is 1. The van der Waals surface area contributed by atoms with Gasteiger partial charge >= 0.3 is 0 Å². The molecular formula is C21H25FN4O4S. The van der Waals surface area contributed by atoms with Crippen LogP contribution in [0.1, 0.15) is 59.7 Å². The van der Waals surface area contributed by atoms with Gasteiger partial charge in [-0.05, 0) is 44.7 Å². The lowest BCUT2D eigenvalue weighted by molar-refractivity contribution is 0.0594. The van der Waals surface area contributed by atoms with E-state index in [4.69, 9.17) is 0 Å². The summed E-state index contributed by atoms with van der Waals surface area (Å²) in [5.74, 6) is -0.738. The quantitative estimate of drug-likeness (QED) is 0.770. The predicted molar refractivity (Wildman–Crippen MR) is 112 cm³/mol. The molecule has 0 radical (unpaired) electrons. The molecule has 2 aliphatic heterocycles. The maximum atomic E-state index is 14.2. The van der Waals surface area contributed by atoms with E-state index in [2.05, 4.69) is 9.97 Å². The standard InChI is InChI=1S/C21H25FN4O4S/c1-2-31(29,30)25-12-10-15-17(13-25)23-19(24-20(15)27)18-9-5-6-11-26(18)21(28)14-7-3-4-8-16(14)22/h3-4,7-8,18H,2,5-6,9-13H2,1H3,(H,23,24,27)/t18-/m1/s1. The Balaban J connectivity index is 1.69. The third kappa shape index (κ3) is 4.14. The van der Waals surface area contributed by atoms with Crippen LogP contribution in [-0.2, 0) is 23.0 Å². The lowest BCUT2D eigenvalue weighted by atomic mass is 9.99. The second-order valence-electron chi connectivity index (χ2n) is 7.85. The molecule has 1 fully saturated rings. The number of carbonyl (C=O) groups excluding carboxylic acids is 1. The fraction of sp³-hybridized carbons (Fsp3) is 0.476. The number of sulfonamides is 1. The minimum atomic E-state index is -3.40. The van der Waals surface area contributed by atoms with Gasteiger partial charge in [-0.1, -0.05) is 12.1 Å². The fourth-order valence-electron chi connectivity index (χ4n) is 4.26. The van der Waals surface area contributed by atoms with Gasteiger partial charge < -0.3 is 9.88 Å². The van der Waals surface area contributed by atoms with Crippen LogP contribution in [0.5, 0.6) is 0 Å². The van der Waals surface area contributed by atoms with Gasteiger partial charge in [-0.15, -0.1) is 0 Å². The monoisotopic (exact) mass is 448 g/mol. The van der Waals surface area contributed by atoms with Crippen LogP contribution in [0.3, 0.4) is 0 Å². The molecule has 10 heteroatoms. The number of benzene rings is 1. The molecule has 0 spiro atoms. The van der Waals surface area contributed by atoms with Crippen LogP contribution in [0.25, 0.3) is 0 Å². The molecule has 0 bridgehead atoms. The normalized spacial score (nSPS) is 19.8. The molecule has 1 atom stereocenters. The average Bonchev–Trinajstić information content (AvgIpc) is 2.78. The Morgan fingerprint density at radius 3 is 2.77 bits per heavy atom. The summed E-state index contributed by atoms with van der Waals surface area (Å²) < 4.78 is 40.1. The van der Waals surface area contributed by atoms with Crippen molar-refractivity contribution in [2.75, 3.05) is 18.8 Å². The highest BCUT2D eigenvalue weighted by Gasteiger charge is 2.34. The van der Waals surface area contributed by atoms with Gasteiger partial charge in [0.15, 0.2) is 0 Å². The minimum Gasteiger partial charge on any atom is -0.328 e. The lowest BCUT2D eigenvalue weighted by Gasteiger charge is -2.36. The van der Waals surface area contributed by atoms with E-state index in [0.717, 1.165) is 12.8 Å². The van der Waals surface area contributed by atoms with E-state index >= 15 is 0 Å². The summed E-state index contributed by atoms with van der Waals surface area (Å²) in [5.41, 5.74) is 0.576. The smallest absolute Gasteiger partial charge is 0.257 e. The molecule has 166 valence electrons. The third-order valence-corrected chi connectivity index (χ3v) is 7.83. The van der Waals surface area contributed by atoms with Gasteiger partial charge in [-0.2, -0.15) is 4.31 Å². The summed E-state index contributed by atoms with van der Waals surface area (Å²) in [6, 6.07) is 5.32. The highest BCUT2D eigenvalue weighted by Crippen LogP contribution is 2.31. The number of fused-ring (bicyclic) bond motifs is 1. The van der Waals surface area contributed by atoms with Gasteiger partial charge in [0.1, 0.15) is 11.6 Å². The number of piperidine rings is 1. The number of aromatic nitrogens is 2. The summed E-state index contributed by atoms with van der Waals surface area (Å²) in [6.07, 6.45) is 2.48. The van der Waals surface area contributed by atoms with Crippen molar-refractivity contribution in [1.29, 1.82) is 0 Å². The van der Waals surface area contributed by atoms with Gasteiger partial charge in [0, 0.05) is 18.7 Å². The topological polar surface area (TPSA) is 103 Å². The van der Waals surface area contributed by atoms with Crippen molar-refractivity contribution in [3.63, 3.8) is 0 Å². The van der Waals surface area contributed by atoms with Crippen LogP contribution >= 0.6 is 0 Å². The minimum absolute atomic E-state index is 0.0186. The summed E-state index contributed by atoms with van der Waals surface area (Å²) >= 11 is 0. The third-order valence-electron chi connectivity index (χ3n) is 6.00. The summed E-state index contributed by atoms with van der Waals surface area (Å²) in [5, 5.41) is 0. The SMILES string of the molecule is CCS(=O)(=O)N1CCc2c(nc([C@H]3CCCCN3C(=O)c3ccccc3F)[nH]c2=O)C1. The van der Waals surface area contributed by atoms with E-state index in [1.54, 1.807) is 17.9 Å². The molecular weight excluding hydrogens is 423 g/mol. The molecule has 1 N–H and O–H groups in total. The number of H-pyrrole nitrogens is 1. The molecule has 31 heavy (non-hydrogen) atoms. The van der Waals surface area contributed by atoms with Crippen molar-refractivity contribution in [2.24, 2.45) is 0 Å². The second kappa shape index (κ2) is 8.51. The van der Waals surface area contributed by atoms with Crippen LogP contribution in [0.15, 0.2) is 29.1 Å². The Labute approximate surface area is 180 Å². The zero-order valence-corrected chi connectivity index (χ0v) is 18.1. The van der Waals surface area contributed by atoms with Crippen LogP contribution in [0.4, 0.5) is 4.39 Å². The fourth-order valence-corrected chi connectivity index (χ4v) is 5.31. The molecule has 8 nitrogen and oxygen atoms in total. The first-order valence-electron chi connectivity index (χ1n) is 10.5. The molecule has 0 unspecified atom stereocenters. The molecule has 1 amide bonds. The van der Waals surface area contributed by atoms with E-state index in [-0.39, 0.29) is 30.0 Å². The molecule has 1 saturated heterocycles. The van der Waals surface area contributed by atoms with Gasteiger partial charge in [-0.25, -0.2) is 17.8 Å². The predicted octanol–water partition coefficient (Wildman–Crippen LogP) is 1.98. The first-order valence-corrected chi connectivity index (χ1v) is 12.1. The van der Waals surface area contributed by atoms with E-state index < -0.39 is 27.8 Å². The van der Waals surface area contributed by atoms with Gasteiger partial charge in [0.25, 0.3) is 11.5 Å². The molecule has 2 aromatic rings. The number of aromatic amines is 1. The number of rotatable bonds is 4. The lowest BCUT2D eigenvalue weighted by Crippen LogP contribution is -2.43. The van der Waals surface area contributed by atoms with Crippen LogP contribution < -0.4 is 5.56 Å². The first-order chi connectivity index (χ1) is 14.8.